The van der Waals surface area contributed by atoms with Crippen LogP contribution in [0, 0.1) is 0 Å². The number of esters is 2. The minimum atomic E-state index is -0.479. The molecule has 0 N–H and O–H groups in total. The zero-order chi connectivity index (χ0) is 28.3. The van der Waals surface area contributed by atoms with Crippen LogP contribution in [0.4, 0.5) is 0 Å². The Morgan fingerprint density at radius 1 is 0.625 bits per heavy atom. The summed E-state index contributed by atoms with van der Waals surface area (Å²) >= 11 is 0. The maximum atomic E-state index is 13.3. The van der Waals surface area contributed by atoms with E-state index >= 15 is 0 Å². The highest BCUT2D eigenvalue weighted by Crippen LogP contribution is 2.30. The van der Waals surface area contributed by atoms with Crippen LogP contribution in [-0.4, -0.2) is 17.7 Å². The fourth-order valence-corrected chi connectivity index (χ4v) is 3.79. The molecule has 0 spiro atoms. The van der Waals surface area contributed by atoms with Gasteiger partial charge in [0.1, 0.15) is 36.2 Å². The van der Waals surface area contributed by atoms with E-state index in [0.717, 1.165) is 11.1 Å². The van der Waals surface area contributed by atoms with Gasteiger partial charge < -0.3 is 18.9 Å². The second-order valence-electron chi connectivity index (χ2n) is 8.79. The maximum Gasteiger partial charge on any atom is 0.308 e. The lowest BCUT2D eigenvalue weighted by atomic mass is 10.1. The van der Waals surface area contributed by atoms with E-state index in [2.05, 4.69) is 0 Å². The molecule has 0 unspecified atom stereocenters. The van der Waals surface area contributed by atoms with Gasteiger partial charge in [-0.3, -0.25) is 14.4 Å². The molecule has 4 aromatic rings. The number of allylic oxidation sites excluding steroid dienone is 1. The van der Waals surface area contributed by atoms with Gasteiger partial charge in [-0.05, 0) is 47.5 Å². The predicted molar refractivity (Wildman–Crippen MR) is 150 cm³/mol. The van der Waals surface area contributed by atoms with Crippen LogP contribution < -0.4 is 18.9 Å². The van der Waals surface area contributed by atoms with Crippen LogP contribution in [0.15, 0.2) is 103 Å². The van der Waals surface area contributed by atoms with Crippen molar-refractivity contribution < 1.29 is 33.3 Å². The van der Waals surface area contributed by atoms with Crippen LogP contribution in [0.2, 0.25) is 0 Å². The van der Waals surface area contributed by atoms with Crippen LogP contribution in [-0.2, 0) is 22.8 Å². The lowest BCUT2D eigenvalue weighted by molar-refractivity contribution is -0.132. The molecule has 0 bridgehead atoms. The number of hydrogen-bond acceptors (Lipinski definition) is 7. The van der Waals surface area contributed by atoms with E-state index in [4.69, 9.17) is 18.9 Å². The van der Waals surface area contributed by atoms with E-state index < -0.39 is 11.9 Å². The first-order chi connectivity index (χ1) is 19.4. The third-order valence-corrected chi connectivity index (χ3v) is 5.62. The smallest absolute Gasteiger partial charge is 0.308 e. The summed E-state index contributed by atoms with van der Waals surface area (Å²) in [6, 6.07) is 28.7. The summed E-state index contributed by atoms with van der Waals surface area (Å²) in [5.74, 6) is 0.0716. The van der Waals surface area contributed by atoms with Crippen molar-refractivity contribution in [3.63, 3.8) is 0 Å². The SMILES string of the molecule is CC(=O)Oc1ccc(C=CC(=O)c2ccc(OC(C)=O)cc2OCc2ccccc2)c(OCc2ccccc2)c1. The molecule has 0 aliphatic carbocycles. The fraction of sp³-hybridized carbons (Fsp3) is 0.121. The number of carbonyl (C=O) groups excluding carboxylic acids is 3. The average Bonchev–Trinajstić information content (AvgIpc) is 2.95. The van der Waals surface area contributed by atoms with Crippen molar-refractivity contribution in [2.75, 3.05) is 0 Å². The molecule has 7 heteroatoms. The summed E-state index contributed by atoms with van der Waals surface area (Å²) in [6.07, 6.45) is 3.04. The van der Waals surface area contributed by atoms with Crippen molar-refractivity contribution in [2.24, 2.45) is 0 Å². The van der Waals surface area contributed by atoms with Crippen LogP contribution >= 0.6 is 0 Å². The molecule has 0 atom stereocenters. The van der Waals surface area contributed by atoms with Gasteiger partial charge in [-0.2, -0.15) is 0 Å². The first-order valence-corrected chi connectivity index (χ1v) is 12.6. The highest BCUT2D eigenvalue weighted by Gasteiger charge is 2.14. The Kier molecular flexibility index (Phi) is 9.45. The first kappa shape index (κ1) is 27.9. The summed E-state index contributed by atoms with van der Waals surface area (Å²) in [6.45, 7) is 3.13. The van der Waals surface area contributed by atoms with Crippen LogP contribution in [0.3, 0.4) is 0 Å². The molecule has 0 aliphatic heterocycles. The molecule has 0 saturated heterocycles. The molecular weight excluding hydrogens is 508 g/mol. The van der Waals surface area contributed by atoms with E-state index in [1.807, 2.05) is 60.7 Å². The Bertz CT molecular complexity index is 1510. The van der Waals surface area contributed by atoms with E-state index in [1.54, 1.807) is 36.4 Å². The summed E-state index contributed by atoms with van der Waals surface area (Å²) in [5, 5.41) is 0. The van der Waals surface area contributed by atoms with E-state index in [-0.39, 0.29) is 30.5 Å². The van der Waals surface area contributed by atoms with E-state index in [1.165, 1.54) is 26.0 Å². The minimum Gasteiger partial charge on any atom is -0.488 e. The van der Waals surface area contributed by atoms with Crippen molar-refractivity contribution in [1.29, 1.82) is 0 Å². The maximum absolute atomic E-state index is 13.3. The van der Waals surface area contributed by atoms with Gasteiger partial charge >= 0.3 is 11.9 Å². The third kappa shape index (κ3) is 8.16. The van der Waals surface area contributed by atoms with Crippen molar-refractivity contribution in [1.82, 2.24) is 0 Å². The van der Waals surface area contributed by atoms with Gasteiger partial charge in [0.15, 0.2) is 5.78 Å². The summed E-state index contributed by atoms with van der Waals surface area (Å²) in [5.41, 5.74) is 2.79. The number of hydrogen-bond donors (Lipinski definition) is 0. The Labute approximate surface area is 232 Å². The lowest BCUT2D eigenvalue weighted by Crippen LogP contribution is -2.05. The second-order valence-corrected chi connectivity index (χ2v) is 8.79. The molecule has 7 nitrogen and oxygen atoms in total. The molecule has 0 fully saturated rings. The number of rotatable bonds is 11. The largest absolute Gasteiger partial charge is 0.488 e. The fourth-order valence-electron chi connectivity index (χ4n) is 3.79. The lowest BCUT2D eigenvalue weighted by Gasteiger charge is -2.13. The van der Waals surface area contributed by atoms with Gasteiger partial charge in [0.25, 0.3) is 0 Å². The highest BCUT2D eigenvalue weighted by molar-refractivity contribution is 6.09. The van der Waals surface area contributed by atoms with Crippen molar-refractivity contribution in [3.8, 4) is 23.0 Å². The quantitative estimate of drug-likeness (QED) is 0.0925. The van der Waals surface area contributed by atoms with E-state index in [9.17, 15) is 14.4 Å². The van der Waals surface area contributed by atoms with Gasteiger partial charge in [0.05, 0.1) is 5.56 Å². The molecule has 0 aromatic heterocycles. The van der Waals surface area contributed by atoms with Gasteiger partial charge in [-0.1, -0.05) is 60.7 Å². The molecule has 0 heterocycles. The van der Waals surface area contributed by atoms with Crippen molar-refractivity contribution >= 4 is 23.8 Å². The van der Waals surface area contributed by atoms with Gasteiger partial charge in [-0.15, -0.1) is 0 Å². The summed E-state index contributed by atoms with van der Waals surface area (Å²) in [7, 11) is 0. The molecular formula is C33H28O7. The molecule has 0 saturated carbocycles. The highest BCUT2D eigenvalue weighted by atomic mass is 16.5. The summed E-state index contributed by atoms with van der Waals surface area (Å²) in [4.78, 5) is 36.2. The molecule has 4 rings (SSSR count). The zero-order valence-electron chi connectivity index (χ0n) is 22.2. The number of carbonyl (C=O) groups is 3. The van der Waals surface area contributed by atoms with Crippen LogP contribution in [0.5, 0.6) is 23.0 Å². The van der Waals surface area contributed by atoms with Crippen LogP contribution in [0.1, 0.15) is 40.9 Å². The van der Waals surface area contributed by atoms with E-state index in [0.29, 0.717) is 22.6 Å². The standard InChI is InChI=1S/C33H28O7/c1-23(34)39-28-15-13-27(32(19-28)37-21-25-9-5-3-6-10-25)14-18-31(36)30-17-16-29(40-24(2)35)20-33(30)38-22-26-11-7-4-8-12-26/h3-20H,21-22H2,1-2H3. The monoisotopic (exact) mass is 536 g/mol. The summed E-state index contributed by atoms with van der Waals surface area (Å²) < 4.78 is 22.4. The Balaban J connectivity index is 1.59. The third-order valence-electron chi connectivity index (χ3n) is 5.62. The molecule has 0 radical (unpaired) electrons. The van der Waals surface area contributed by atoms with Crippen molar-refractivity contribution in [3.05, 3.63) is 125 Å². The number of ether oxygens (including phenoxy) is 4. The minimum absolute atomic E-state index is 0.226. The first-order valence-electron chi connectivity index (χ1n) is 12.6. The number of ketones is 1. The topological polar surface area (TPSA) is 88.1 Å². The Hall–Kier alpha value is -5.17. The number of benzene rings is 4. The zero-order valence-corrected chi connectivity index (χ0v) is 22.2. The average molecular weight is 537 g/mol. The van der Waals surface area contributed by atoms with Gasteiger partial charge in [0.2, 0.25) is 0 Å². The molecule has 4 aromatic carbocycles. The molecule has 0 amide bonds. The van der Waals surface area contributed by atoms with Gasteiger partial charge in [0, 0.05) is 31.5 Å². The molecule has 202 valence electrons. The van der Waals surface area contributed by atoms with Crippen LogP contribution in [0.25, 0.3) is 6.08 Å². The predicted octanol–water partition coefficient (Wildman–Crippen LogP) is 6.59. The van der Waals surface area contributed by atoms with Gasteiger partial charge in [-0.25, -0.2) is 0 Å². The second kappa shape index (κ2) is 13.6. The van der Waals surface area contributed by atoms with Crippen molar-refractivity contribution in [2.45, 2.75) is 27.1 Å². The normalized spacial score (nSPS) is 10.7. The molecule has 0 aliphatic rings. The Morgan fingerprint density at radius 3 is 1.68 bits per heavy atom. The molecule has 40 heavy (non-hydrogen) atoms. The Morgan fingerprint density at radius 2 is 1.12 bits per heavy atom.